The lowest BCUT2D eigenvalue weighted by Crippen LogP contribution is -2.16. The summed E-state index contributed by atoms with van der Waals surface area (Å²) in [6.07, 6.45) is 2.86. The highest BCUT2D eigenvalue weighted by molar-refractivity contribution is 6.35. The Morgan fingerprint density at radius 1 is 1.00 bits per heavy atom. The van der Waals surface area contributed by atoms with Crippen molar-refractivity contribution in [2.24, 2.45) is 0 Å². The molecule has 0 aliphatic heterocycles. The highest BCUT2D eigenvalue weighted by Gasteiger charge is 2.03. The first-order chi connectivity index (χ1) is 10.2. The van der Waals surface area contributed by atoms with E-state index in [4.69, 9.17) is 23.2 Å². The van der Waals surface area contributed by atoms with Crippen LogP contribution in [-0.4, -0.2) is 11.5 Å². The van der Waals surface area contributed by atoms with Gasteiger partial charge >= 0.3 is 0 Å². The number of rotatable bonds is 5. The van der Waals surface area contributed by atoms with Crippen LogP contribution in [0, 0.1) is 0 Å². The monoisotopic (exact) mass is 318 g/mol. The highest BCUT2D eigenvalue weighted by atomic mass is 35.5. The molecule has 1 heterocycles. The van der Waals surface area contributed by atoms with Gasteiger partial charge in [0.2, 0.25) is 0 Å². The van der Waals surface area contributed by atoms with Crippen LogP contribution >= 0.6 is 23.2 Å². The minimum Gasteiger partial charge on any atom is -0.361 e. The Balaban J connectivity index is 1.58. The summed E-state index contributed by atoms with van der Waals surface area (Å²) < 4.78 is 0. The van der Waals surface area contributed by atoms with Crippen molar-refractivity contribution in [3.8, 4) is 0 Å². The predicted molar refractivity (Wildman–Crippen MR) is 90.2 cm³/mol. The van der Waals surface area contributed by atoms with E-state index in [1.54, 1.807) is 6.07 Å². The van der Waals surface area contributed by atoms with Crippen molar-refractivity contribution >= 4 is 34.1 Å². The number of halogens is 2. The molecule has 0 saturated heterocycles. The fourth-order valence-electron chi connectivity index (χ4n) is 2.48. The largest absolute Gasteiger partial charge is 0.361 e. The molecule has 0 aliphatic rings. The molecular formula is C17H16Cl2N2. The second kappa shape index (κ2) is 6.52. The van der Waals surface area contributed by atoms with Gasteiger partial charge in [0, 0.05) is 33.7 Å². The third-order valence-electron chi connectivity index (χ3n) is 3.59. The van der Waals surface area contributed by atoms with Gasteiger partial charge in [-0.3, -0.25) is 0 Å². The Kier molecular flexibility index (Phi) is 4.49. The number of H-pyrrole nitrogens is 1. The van der Waals surface area contributed by atoms with Crippen molar-refractivity contribution in [1.29, 1.82) is 0 Å². The van der Waals surface area contributed by atoms with E-state index in [9.17, 15) is 0 Å². The van der Waals surface area contributed by atoms with Gasteiger partial charge in [-0.05, 0) is 48.4 Å². The zero-order valence-corrected chi connectivity index (χ0v) is 13.0. The Morgan fingerprint density at radius 3 is 2.76 bits per heavy atom. The molecule has 0 saturated carbocycles. The van der Waals surface area contributed by atoms with Gasteiger partial charge < -0.3 is 10.3 Å². The van der Waals surface area contributed by atoms with Crippen molar-refractivity contribution < 1.29 is 0 Å². The SMILES string of the molecule is Clc1ccc(CCNCc2cccc3[nH]ccc23)c(Cl)c1. The van der Waals surface area contributed by atoms with Gasteiger partial charge in [0.15, 0.2) is 0 Å². The molecule has 108 valence electrons. The third kappa shape index (κ3) is 3.41. The van der Waals surface area contributed by atoms with Crippen molar-refractivity contribution in [2.75, 3.05) is 6.54 Å². The van der Waals surface area contributed by atoms with Gasteiger partial charge in [0.05, 0.1) is 0 Å². The van der Waals surface area contributed by atoms with Crippen LogP contribution in [0.3, 0.4) is 0 Å². The molecule has 0 bridgehead atoms. The van der Waals surface area contributed by atoms with Crippen LogP contribution in [0.1, 0.15) is 11.1 Å². The molecule has 0 amide bonds. The van der Waals surface area contributed by atoms with Crippen LogP contribution in [0.5, 0.6) is 0 Å². The molecule has 21 heavy (non-hydrogen) atoms. The minimum atomic E-state index is 0.677. The molecular weight excluding hydrogens is 303 g/mol. The lowest BCUT2D eigenvalue weighted by Gasteiger charge is -2.08. The molecule has 3 rings (SSSR count). The number of nitrogens with one attached hydrogen (secondary N) is 2. The van der Waals surface area contributed by atoms with Crippen LogP contribution in [0.2, 0.25) is 10.0 Å². The molecule has 0 spiro atoms. The first-order valence-corrected chi connectivity index (χ1v) is 7.69. The first kappa shape index (κ1) is 14.5. The smallest absolute Gasteiger partial charge is 0.0457 e. The van der Waals surface area contributed by atoms with E-state index < -0.39 is 0 Å². The lowest BCUT2D eigenvalue weighted by molar-refractivity contribution is 0.690. The number of aromatic nitrogens is 1. The van der Waals surface area contributed by atoms with Crippen molar-refractivity contribution in [2.45, 2.75) is 13.0 Å². The summed E-state index contributed by atoms with van der Waals surface area (Å²) in [7, 11) is 0. The minimum absolute atomic E-state index is 0.677. The van der Waals surface area contributed by atoms with Gasteiger partial charge in [-0.1, -0.05) is 41.4 Å². The van der Waals surface area contributed by atoms with E-state index in [1.807, 2.05) is 18.3 Å². The summed E-state index contributed by atoms with van der Waals surface area (Å²) in [5, 5.41) is 6.15. The average Bonchev–Trinajstić information content (AvgIpc) is 2.94. The molecule has 0 atom stereocenters. The Hall–Kier alpha value is -1.48. The number of hydrogen-bond acceptors (Lipinski definition) is 1. The molecule has 3 aromatic rings. The predicted octanol–water partition coefficient (Wildman–Crippen LogP) is 4.81. The molecule has 0 unspecified atom stereocenters. The Bertz CT molecular complexity index is 749. The summed E-state index contributed by atoms with van der Waals surface area (Å²) in [4.78, 5) is 3.23. The van der Waals surface area contributed by atoms with Gasteiger partial charge in [-0.15, -0.1) is 0 Å². The number of benzene rings is 2. The van der Waals surface area contributed by atoms with Crippen LogP contribution in [0.15, 0.2) is 48.7 Å². The van der Waals surface area contributed by atoms with Gasteiger partial charge in [-0.25, -0.2) is 0 Å². The van der Waals surface area contributed by atoms with Gasteiger partial charge in [-0.2, -0.15) is 0 Å². The molecule has 1 aromatic heterocycles. The van der Waals surface area contributed by atoms with E-state index in [1.165, 1.54) is 16.5 Å². The van der Waals surface area contributed by atoms with Gasteiger partial charge in [0.1, 0.15) is 0 Å². The maximum absolute atomic E-state index is 6.17. The fraction of sp³-hybridized carbons (Fsp3) is 0.176. The number of fused-ring (bicyclic) bond motifs is 1. The standard InChI is InChI=1S/C17H16Cl2N2/c18-14-5-4-12(16(19)10-14)6-8-20-11-13-2-1-3-17-15(13)7-9-21-17/h1-5,7,9-10,20-21H,6,8,11H2. The lowest BCUT2D eigenvalue weighted by atomic mass is 10.1. The molecule has 2 aromatic carbocycles. The van der Waals surface area contributed by atoms with Crippen molar-refractivity contribution in [1.82, 2.24) is 10.3 Å². The van der Waals surface area contributed by atoms with E-state index in [2.05, 4.69) is 34.6 Å². The maximum atomic E-state index is 6.17. The first-order valence-electron chi connectivity index (χ1n) is 6.93. The Labute approximate surface area is 134 Å². The van der Waals surface area contributed by atoms with Crippen LogP contribution in [-0.2, 0) is 13.0 Å². The van der Waals surface area contributed by atoms with Gasteiger partial charge in [0.25, 0.3) is 0 Å². The third-order valence-corrected chi connectivity index (χ3v) is 4.17. The molecule has 2 nitrogen and oxygen atoms in total. The number of aromatic amines is 1. The molecule has 2 N–H and O–H groups in total. The molecule has 4 heteroatoms. The van der Waals surface area contributed by atoms with Crippen LogP contribution in [0.4, 0.5) is 0 Å². The van der Waals surface area contributed by atoms with E-state index in [0.717, 1.165) is 30.1 Å². The normalized spacial score (nSPS) is 11.1. The molecule has 0 aliphatic carbocycles. The number of hydrogen-bond donors (Lipinski definition) is 2. The summed E-state index contributed by atoms with van der Waals surface area (Å²) in [6.45, 7) is 1.72. The summed E-state index contributed by atoms with van der Waals surface area (Å²) in [5.41, 5.74) is 3.60. The Morgan fingerprint density at radius 2 is 1.90 bits per heavy atom. The maximum Gasteiger partial charge on any atom is 0.0457 e. The average molecular weight is 319 g/mol. The fourth-order valence-corrected chi connectivity index (χ4v) is 2.98. The molecule has 0 radical (unpaired) electrons. The zero-order chi connectivity index (χ0) is 14.7. The summed E-state index contributed by atoms with van der Waals surface area (Å²) >= 11 is 12.1. The van der Waals surface area contributed by atoms with Crippen molar-refractivity contribution in [3.05, 3.63) is 69.8 Å². The zero-order valence-electron chi connectivity index (χ0n) is 11.5. The van der Waals surface area contributed by atoms with Crippen molar-refractivity contribution in [3.63, 3.8) is 0 Å². The van der Waals surface area contributed by atoms with Crippen LogP contribution < -0.4 is 5.32 Å². The van der Waals surface area contributed by atoms with E-state index >= 15 is 0 Å². The van der Waals surface area contributed by atoms with E-state index in [0.29, 0.717) is 5.02 Å². The second-order valence-corrected chi connectivity index (χ2v) is 5.86. The molecule has 0 fully saturated rings. The highest BCUT2D eigenvalue weighted by Crippen LogP contribution is 2.21. The summed E-state index contributed by atoms with van der Waals surface area (Å²) in [5.74, 6) is 0. The topological polar surface area (TPSA) is 27.8 Å². The quantitative estimate of drug-likeness (QED) is 0.649. The van der Waals surface area contributed by atoms with E-state index in [-0.39, 0.29) is 0 Å². The second-order valence-electron chi connectivity index (χ2n) is 5.02. The summed E-state index contributed by atoms with van der Waals surface area (Å²) in [6, 6.07) is 14.1. The van der Waals surface area contributed by atoms with Crippen LogP contribution in [0.25, 0.3) is 10.9 Å².